The lowest BCUT2D eigenvalue weighted by atomic mass is 9.94. The Labute approximate surface area is 120 Å². The van der Waals surface area contributed by atoms with Crippen LogP contribution in [0.1, 0.15) is 31.1 Å². The molecule has 0 aliphatic carbocycles. The molecule has 20 heavy (non-hydrogen) atoms. The molecule has 0 bridgehead atoms. The molecule has 6 heteroatoms. The van der Waals surface area contributed by atoms with Gasteiger partial charge in [-0.15, -0.1) is 0 Å². The second kappa shape index (κ2) is 6.65. The molecule has 0 aromatic heterocycles. The highest BCUT2D eigenvalue weighted by molar-refractivity contribution is 7.85. The fourth-order valence-corrected chi connectivity index (χ4v) is 2.43. The summed E-state index contributed by atoms with van der Waals surface area (Å²) in [5.74, 6) is -0.967. The van der Waals surface area contributed by atoms with Crippen LogP contribution in [-0.4, -0.2) is 33.5 Å². The van der Waals surface area contributed by atoms with Crippen LogP contribution in [0.15, 0.2) is 29.2 Å². The molecule has 0 fully saturated rings. The van der Waals surface area contributed by atoms with Crippen molar-refractivity contribution in [3.05, 3.63) is 29.8 Å². The van der Waals surface area contributed by atoms with E-state index in [1.807, 2.05) is 0 Å². The van der Waals surface area contributed by atoms with Crippen molar-refractivity contribution in [3.8, 4) is 0 Å². The molecule has 110 valence electrons. The van der Waals surface area contributed by atoms with Crippen molar-refractivity contribution in [2.45, 2.75) is 25.7 Å². The van der Waals surface area contributed by atoms with Crippen LogP contribution in [0.4, 0.5) is 0 Å². The molecule has 1 atom stereocenters. The van der Waals surface area contributed by atoms with Crippen LogP contribution < -0.4 is 5.32 Å². The monoisotopic (exact) mass is 297 g/mol. The first-order chi connectivity index (χ1) is 9.29. The van der Waals surface area contributed by atoms with Crippen LogP contribution in [0.2, 0.25) is 0 Å². The van der Waals surface area contributed by atoms with Crippen molar-refractivity contribution >= 4 is 22.7 Å². The van der Waals surface area contributed by atoms with Gasteiger partial charge in [0.15, 0.2) is 0 Å². The number of amides is 1. The Morgan fingerprint density at radius 2 is 1.90 bits per heavy atom. The molecule has 1 unspecified atom stereocenters. The summed E-state index contributed by atoms with van der Waals surface area (Å²) in [6.07, 6.45) is 0. The second-order valence-corrected chi connectivity index (χ2v) is 6.71. The smallest absolute Gasteiger partial charge is 0.310 e. The Bertz CT molecular complexity index is 540. The van der Waals surface area contributed by atoms with Crippen LogP contribution >= 0.6 is 0 Å². The summed E-state index contributed by atoms with van der Waals surface area (Å²) >= 11 is 0. The molecule has 0 aliphatic rings. The lowest BCUT2D eigenvalue weighted by Crippen LogP contribution is -2.39. The number of benzene rings is 1. The van der Waals surface area contributed by atoms with Gasteiger partial charge in [-0.25, -0.2) is 0 Å². The molecule has 1 aromatic rings. The molecule has 2 N–H and O–H groups in total. The largest absolute Gasteiger partial charge is 0.481 e. The first-order valence-electron chi connectivity index (χ1n) is 6.28. The Morgan fingerprint density at radius 3 is 2.45 bits per heavy atom. The van der Waals surface area contributed by atoms with Gasteiger partial charge in [-0.3, -0.25) is 13.8 Å². The number of hydrogen-bond acceptors (Lipinski definition) is 3. The van der Waals surface area contributed by atoms with Crippen LogP contribution in [0.5, 0.6) is 0 Å². The van der Waals surface area contributed by atoms with E-state index in [1.165, 1.54) is 13.8 Å². The lowest BCUT2D eigenvalue weighted by Gasteiger charge is -2.19. The number of carbonyl (C=O) groups excluding carboxylic acids is 1. The molecular formula is C14H19NO4S. The summed E-state index contributed by atoms with van der Waals surface area (Å²) in [5.41, 5.74) is -0.719. The maximum Gasteiger partial charge on any atom is 0.310 e. The van der Waals surface area contributed by atoms with Gasteiger partial charge in [0.05, 0.1) is 26.7 Å². The van der Waals surface area contributed by atoms with Gasteiger partial charge < -0.3 is 10.4 Å². The molecule has 5 nitrogen and oxygen atoms in total. The maximum absolute atomic E-state index is 12.1. The summed E-state index contributed by atoms with van der Waals surface area (Å²) < 4.78 is 11.9. The molecule has 1 aromatic carbocycles. The highest BCUT2D eigenvalue weighted by atomic mass is 32.2. The van der Waals surface area contributed by atoms with E-state index in [2.05, 4.69) is 5.32 Å². The van der Waals surface area contributed by atoms with E-state index in [0.717, 1.165) is 0 Å². The van der Waals surface area contributed by atoms with E-state index in [4.69, 9.17) is 5.11 Å². The van der Waals surface area contributed by atoms with Crippen molar-refractivity contribution in [3.63, 3.8) is 0 Å². The van der Waals surface area contributed by atoms with E-state index >= 15 is 0 Å². The lowest BCUT2D eigenvalue weighted by molar-refractivity contribution is -0.146. The second-order valence-electron chi connectivity index (χ2n) is 5.00. The Hall–Kier alpha value is -1.69. The quantitative estimate of drug-likeness (QED) is 0.836. The van der Waals surface area contributed by atoms with Gasteiger partial charge in [0.2, 0.25) is 0 Å². The summed E-state index contributed by atoms with van der Waals surface area (Å²) in [7, 11) is -1.23. The van der Waals surface area contributed by atoms with Crippen LogP contribution in [0.3, 0.4) is 0 Å². The number of carboxylic acids is 1. The third kappa shape index (κ3) is 3.90. The minimum Gasteiger partial charge on any atom is -0.481 e. The molecule has 0 saturated heterocycles. The zero-order chi connectivity index (χ0) is 15.3. The van der Waals surface area contributed by atoms with Gasteiger partial charge in [-0.2, -0.15) is 0 Å². The average molecular weight is 297 g/mol. The zero-order valence-electron chi connectivity index (χ0n) is 11.8. The SMILES string of the molecule is CCS(=O)c1ccccc1C(=O)NCC(C)(C)C(=O)O. The van der Waals surface area contributed by atoms with E-state index in [1.54, 1.807) is 31.2 Å². The van der Waals surface area contributed by atoms with Crippen LogP contribution in [0, 0.1) is 5.41 Å². The van der Waals surface area contributed by atoms with Gasteiger partial charge in [0.1, 0.15) is 0 Å². The normalized spacial score (nSPS) is 12.8. The molecule has 1 amide bonds. The van der Waals surface area contributed by atoms with Gasteiger partial charge in [-0.05, 0) is 26.0 Å². The average Bonchev–Trinajstić information content (AvgIpc) is 2.43. The fraction of sp³-hybridized carbons (Fsp3) is 0.429. The number of aliphatic carboxylic acids is 1. The van der Waals surface area contributed by atoms with Crippen molar-refractivity contribution in [2.24, 2.45) is 5.41 Å². The topological polar surface area (TPSA) is 83.5 Å². The molecular weight excluding hydrogens is 278 g/mol. The molecule has 0 spiro atoms. The minimum absolute atomic E-state index is 0.00820. The standard InChI is InChI=1S/C14H19NO4S/c1-4-20(19)11-8-6-5-7-10(11)12(16)15-9-14(2,3)13(17)18/h5-8H,4,9H2,1-3H3,(H,15,16)(H,17,18). The minimum atomic E-state index is -1.23. The van der Waals surface area contributed by atoms with E-state index in [9.17, 15) is 13.8 Å². The molecule has 0 radical (unpaired) electrons. The number of carbonyl (C=O) groups is 2. The van der Waals surface area contributed by atoms with Crippen LogP contribution in [-0.2, 0) is 15.6 Å². The van der Waals surface area contributed by atoms with Gasteiger partial charge >= 0.3 is 5.97 Å². The molecule has 0 saturated carbocycles. The van der Waals surface area contributed by atoms with Crippen molar-refractivity contribution in [2.75, 3.05) is 12.3 Å². The van der Waals surface area contributed by atoms with Gasteiger partial charge in [0, 0.05) is 12.3 Å². The van der Waals surface area contributed by atoms with E-state index in [-0.39, 0.29) is 6.54 Å². The van der Waals surface area contributed by atoms with Gasteiger partial charge in [0.25, 0.3) is 5.91 Å². The molecule has 1 rings (SSSR count). The predicted octanol–water partition coefficient (Wildman–Crippen LogP) is 1.65. The summed E-state index contributed by atoms with van der Waals surface area (Å²) in [6.45, 7) is 4.85. The first-order valence-corrected chi connectivity index (χ1v) is 7.60. The Kier molecular flexibility index (Phi) is 5.44. The summed E-state index contributed by atoms with van der Waals surface area (Å²) in [6, 6.07) is 6.65. The Morgan fingerprint density at radius 1 is 1.30 bits per heavy atom. The fourth-order valence-electron chi connectivity index (χ4n) is 1.48. The number of rotatable bonds is 6. The number of carboxylic acid groups (broad SMARTS) is 1. The van der Waals surface area contributed by atoms with Crippen molar-refractivity contribution < 1.29 is 18.9 Å². The maximum atomic E-state index is 12.1. The molecule has 0 aliphatic heterocycles. The number of hydrogen-bond donors (Lipinski definition) is 2. The summed E-state index contributed by atoms with van der Waals surface area (Å²) in [4.78, 5) is 23.6. The van der Waals surface area contributed by atoms with E-state index in [0.29, 0.717) is 16.2 Å². The van der Waals surface area contributed by atoms with E-state index < -0.39 is 28.1 Å². The zero-order valence-corrected chi connectivity index (χ0v) is 12.6. The predicted molar refractivity (Wildman–Crippen MR) is 77.1 cm³/mol. The van der Waals surface area contributed by atoms with Crippen molar-refractivity contribution in [1.29, 1.82) is 0 Å². The third-order valence-electron chi connectivity index (χ3n) is 2.91. The van der Waals surface area contributed by atoms with Gasteiger partial charge in [-0.1, -0.05) is 19.1 Å². The molecule has 0 heterocycles. The highest BCUT2D eigenvalue weighted by Crippen LogP contribution is 2.16. The van der Waals surface area contributed by atoms with Crippen molar-refractivity contribution in [1.82, 2.24) is 5.32 Å². The van der Waals surface area contributed by atoms with Crippen LogP contribution in [0.25, 0.3) is 0 Å². The first kappa shape index (κ1) is 16.4. The summed E-state index contributed by atoms with van der Waals surface area (Å²) in [5, 5.41) is 11.6. The Balaban J connectivity index is 2.89. The highest BCUT2D eigenvalue weighted by Gasteiger charge is 2.28. The third-order valence-corrected chi connectivity index (χ3v) is 4.28. The number of nitrogens with one attached hydrogen (secondary N) is 1.